The summed E-state index contributed by atoms with van der Waals surface area (Å²) in [6.07, 6.45) is 1.25. The molecule has 1 aliphatic rings. The number of urea groups is 1. The molecule has 2 amide bonds. The fourth-order valence-electron chi connectivity index (χ4n) is 2.69. The molecule has 25 heavy (non-hydrogen) atoms. The van der Waals surface area contributed by atoms with Gasteiger partial charge in [0.15, 0.2) is 11.5 Å². The van der Waals surface area contributed by atoms with E-state index in [2.05, 4.69) is 10.6 Å². The maximum atomic E-state index is 12.3. The molecule has 0 fully saturated rings. The minimum Gasteiger partial charge on any atom is -0.503 e. The van der Waals surface area contributed by atoms with Gasteiger partial charge in [-0.3, -0.25) is 0 Å². The summed E-state index contributed by atoms with van der Waals surface area (Å²) >= 11 is 6.08. The first-order chi connectivity index (χ1) is 11.9. The lowest BCUT2D eigenvalue weighted by Gasteiger charge is -2.29. The average Bonchev–Trinajstić information content (AvgIpc) is 2.58. The minimum absolute atomic E-state index is 0.0648. The summed E-state index contributed by atoms with van der Waals surface area (Å²) < 4.78 is 10.3. The Kier molecular flexibility index (Phi) is 6.14. The number of rotatable bonds is 6. The molecule has 136 valence electrons. The first-order valence-electron chi connectivity index (χ1n) is 7.96. The third-order valence-electron chi connectivity index (χ3n) is 3.74. The maximum Gasteiger partial charge on any atom is 0.337 e. The maximum absolute atomic E-state index is 12.3. The number of nitrogens with one attached hydrogen (secondary N) is 2. The lowest BCUT2D eigenvalue weighted by molar-refractivity contribution is -0.136. The summed E-state index contributed by atoms with van der Waals surface area (Å²) in [6, 6.07) is 1.85. The molecule has 1 aliphatic heterocycles. The molecule has 0 bridgehead atoms. The summed E-state index contributed by atoms with van der Waals surface area (Å²) in [5, 5.41) is 15.4. The number of hydrogen-bond acceptors (Lipinski definition) is 5. The lowest BCUT2D eigenvalue weighted by Crippen LogP contribution is -2.45. The van der Waals surface area contributed by atoms with Crippen molar-refractivity contribution in [3.05, 3.63) is 34.0 Å². The second kappa shape index (κ2) is 8.11. The van der Waals surface area contributed by atoms with Gasteiger partial charge in [0.25, 0.3) is 0 Å². The summed E-state index contributed by atoms with van der Waals surface area (Å²) in [4.78, 5) is 24.3. The number of allylic oxidation sites excluding steroid dienone is 1. The van der Waals surface area contributed by atoms with E-state index in [-0.39, 0.29) is 16.5 Å². The molecular weight excluding hydrogens is 348 g/mol. The van der Waals surface area contributed by atoms with Crippen molar-refractivity contribution in [2.24, 2.45) is 0 Å². The summed E-state index contributed by atoms with van der Waals surface area (Å²) in [6.45, 7) is 4.04. The van der Waals surface area contributed by atoms with Crippen molar-refractivity contribution in [3.63, 3.8) is 0 Å². The quantitative estimate of drug-likeness (QED) is 0.670. The van der Waals surface area contributed by atoms with E-state index in [9.17, 15) is 14.7 Å². The monoisotopic (exact) mass is 368 g/mol. The van der Waals surface area contributed by atoms with Crippen molar-refractivity contribution < 1.29 is 24.2 Å². The van der Waals surface area contributed by atoms with Crippen LogP contribution in [0.25, 0.3) is 0 Å². The summed E-state index contributed by atoms with van der Waals surface area (Å²) in [5.74, 6) is -0.563. The molecule has 1 heterocycles. The third kappa shape index (κ3) is 3.99. The van der Waals surface area contributed by atoms with E-state index in [1.165, 1.54) is 13.2 Å². The number of ether oxygens (including phenoxy) is 2. The molecule has 3 N–H and O–H groups in total. The highest BCUT2D eigenvalue weighted by molar-refractivity contribution is 6.32. The first-order valence-corrected chi connectivity index (χ1v) is 8.34. The minimum atomic E-state index is -0.764. The van der Waals surface area contributed by atoms with Gasteiger partial charge >= 0.3 is 12.0 Å². The van der Waals surface area contributed by atoms with Crippen LogP contribution in [-0.2, 0) is 9.53 Å². The van der Waals surface area contributed by atoms with Gasteiger partial charge in [0.05, 0.1) is 30.4 Å². The van der Waals surface area contributed by atoms with E-state index in [4.69, 9.17) is 21.1 Å². The number of phenolic OH excluding ortho intramolecular Hbond substituents is 1. The van der Waals surface area contributed by atoms with E-state index in [0.29, 0.717) is 29.9 Å². The second-order valence-electron chi connectivity index (χ2n) is 5.45. The number of methoxy groups -OCH3 is 1. The van der Waals surface area contributed by atoms with Crippen molar-refractivity contribution >= 4 is 23.6 Å². The Morgan fingerprint density at radius 3 is 2.68 bits per heavy atom. The van der Waals surface area contributed by atoms with E-state index in [0.717, 1.165) is 6.42 Å². The molecule has 8 heteroatoms. The molecule has 1 aromatic carbocycles. The van der Waals surface area contributed by atoms with Crippen molar-refractivity contribution in [3.8, 4) is 11.5 Å². The van der Waals surface area contributed by atoms with Crippen molar-refractivity contribution in [2.75, 3.05) is 13.7 Å². The molecule has 1 aromatic rings. The Bertz CT molecular complexity index is 717. The average molecular weight is 369 g/mol. The van der Waals surface area contributed by atoms with Gasteiger partial charge in [0.2, 0.25) is 0 Å². The molecule has 0 saturated heterocycles. The van der Waals surface area contributed by atoms with Gasteiger partial charge in [-0.1, -0.05) is 24.9 Å². The SMILES string of the molecule is CCCC1=C(C(=O)OC)C(c2cc(Cl)c(O)c(OCC)c2)NC(=O)N1. The molecule has 0 aliphatic carbocycles. The van der Waals surface area contributed by atoms with Crippen molar-refractivity contribution in [1.29, 1.82) is 0 Å². The Balaban J connectivity index is 2.59. The van der Waals surface area contributed by atoms with Crippen LogP contribution in [0.4, 0.5) is 4.79 Å². The highest BCUT2D eigenvalue weighted by atomic mass is 35.5. The van der Waals surface area contributed by atoms with Gasteiger partial charge in [-0.15, -0.1) is 0 Å². The van der Waals surface area contributed by atoms with Crippen molar-refractivity contribution in [2.45, 2.75) is 32.7 Å². The van der Waals surface area contributed by atoms with Gasteiger partial charge in [-0.25, -0.2) is 9.59 Å². The number of benzene rings is 1. The van der Waals surface area contributed by atoms with Crippen LogP contribution in [0.3, 0.4) is 0 Å². The molecule has 1 unspecified atom stereocenters. The van der Waals surface area contributed by atoms with Crippen molar-refractivity contribution in [1.82, 2.24) is 10.6 Å². The summed E-state index contributed by atoms with van der Waals surface area (Å²) in [5.41, 5.74) is 1.31. The normalized spacial score (nSPS) is 17.0. The third-order valence-corrected chi connectivity index (χ3v) is 4.03. The molecule has 2 rings (SSSR count). The zero-order valence-corrected chi connectivity index (χ0v) is 15.1. The number of carbonyl (C=O) groups excluding carboxylic acids is 2. The Morgan fingerprint density at radius 1 is 1.36 bits per heavy atom. The van der Waals surface area contributed by atoms with E-state index < -0.39 is 18.0 Å². The molecule has 0 saturated carbocycles. The van der Waals surface area contributed by atoms with Crippen LogP contribution in [0.15, 0.2) is 23.4 Å². The molecule has 0 spiro atoms. The van der Waals surface area contributed by atoms with Crippen LogP contribution in [0.5, 0.6) is 11.5 Å². The van der Waals surface area contributed by atoms with E-state index >= 15 is 0 Å². The predicted octanol–water partition coefficient (Wildman–Crippen LogP) is 3.03. The highest BCUT2D eigenvalue weighted by Crippen LogP contribution is 2.39. The fourth-order valence-corrected chi connectivity index (χ4v) is 2.91. The number of halogens is 1. The lowest BCUT2D eigenvalue weighted by atomic mass is 9.93. The van der Waals surface area contributed by atoms with Crippen LogP contribution in [0, 0.1) is 0 Å². The van der Waals surface area contributed by atoms with E-state index in [1.807, 2.05) is 6.92 Å². The van der Waals surface area contributed by atoms with Gasteiger partial charge in [-0.05, 0) is 31.0 Å². The van der Waals surface area contributed by atoms with Crippen LogP contribution >= 0.6 is 11.6 Å². The molecule has 7 nitrogen and oxygen atoms in total. The van der Waals surface area contributed by atoms with Crippen LogP contribution < -0.4 is 15.4 Å². The van der Waals surface area contributed by atoms with Crippen LogP contribution in [0.2, 0.25) is 5.02 Å². The standard InChI is InChI=1S/C17H21ClN2O5/c1-4-6-11-13(16(22)24-3)14(20-17(23)19-11)9-7-10(18)15(21)12(8-9)25-5-2/h7-8,14,21H,4-6H2,1-3H3,(H2,19,20,23). The van der Waals surface area contributed by atoms with Gasteiger partial charge in [0, 0.05) is 5.70 Å². The molecule has 0 aromatic heterocycles. The number of phenols is 1. The number of carbonyl (C=O) groups is 2. The molecule has 0 radical (unpaired) electrons. The van der Waals surface area contributed by atoms with Gasteiger partial charge < -0.3 is 25.2 Å². The zero-order chi connectivity index (χ0) is 18.6. The van der Waals surface area contributed by atoms with Gasteiger partial charge in [0.1, 0.15) is 0 Å². The first kappa shape index (κ1) is 18.9. The number of amides is 2. The van der Waals surface area contributed by atoms with Gasteiger partial charge in [-0.2, -0.15) is 0 Å². The number of aromatic hydroxyl groups is 1. The largest absolute Gasteiger partial charge is 0.503 e. The summed E-state index contributed by atoms with van der Waals surface area (Å²) in [7, 11) is 1.28. The Labute approximate surface area is 150 Å². The number of esters is 1. The Morgan fingerprint density at radius 2 is 2.08 bits per heavy atom. The molecular formula is C17H21ClN2O5. The van der Waals surface area contributed by atoms with Crippen LogP contribution in [0.1, 0.15) is 38.3 Å². The predicted molar refractivity (Wildman–Crippen MR) is 92.6 cm³/mol. The smallest absolute Gasteiger partial charge is 0.337 e. The Hall–Kier alpha value is -2.41. The highest BCUT2D eigenvalue weighted by Gasteiger charge is 2.34. The number of hydrogen-bond donors (Lipinski definition) is 3. The second-order valence-corrected chi connectivity index (χ2v) is 5.85. The fraction of sp³-hybridized carbons (Fsp3) is 0.412. The van der Waals surface area contributed by atoms with E-state index in [1.54, 1.807) is 13.0 Å². The zero-order valence-electron chi connectivity index (χ0n) is 14.3. The molecule has 1 atom stereocenters. The topological polar surface area (TPSA) is 96.9 Å². The van der Waals surface area contributed by atoms with Crippen LogP contribution in [-0.4, -0.2) is 30.8 Å².